The summed E-state index contributed by atoms with van der Waals surface area (Å²) in [7, 11) is 3.12. The molecule has 0 radical (unpaired) electrons. The maximum Gasteiger partial charge on any atom is 0.311 e. The number of carbonyl (C=O) groups excluding carboxylic acids is 2. The first-order valence-corrected chi connectivity index (χ1v) is 10.6. The Morgan fingerprint density at radius 1 is 1.06 bits per heavy atom. The average molecular weight is 450 g/mol. The van der Waals surface area contributed by atoms with Crippen LogP contribution in [-0.4, -0.2) is 37.8 Å². The van der Waals surface area contributed by atoms with Crippen molar-refractivity contribution in [2.45, 2.75) is 26.9 Å². The Morgan fingerprint density at radius 2 is 1.85 bits per heavy atom. The second-order valence-corrected chi connectivity index (χ2v) is 8.03. The largest absolute Gasteiger partial charge is 0.493 e. The average Bonchev–Trinajstić information content (AvgIpc) is 3.45. The molecule has 4 rings (SSSR count). The Balaban J connectivity index is 1.37. The topological polar surface area (TPSA) is 91.1 Å². The van der Waals surface area contributed by atoms with Gasteiger partial charge in [-0.05, 0) is 55.3 Å². The summed E-state index contributed by atoms with van der Waals surface area (Å²) in [6, 6.07) is 12.9. The molecule has 1 atom stereocenters. The SMILES string of the molecule is COc1ccc(-c2cc(COC(=O)C3CC(=O)N(c4ccc(C)c(C)c4)C3)no2)cc1OC. The summed E-state index contributed by atoms with van der Waals surface area (Å²) in [4.78, 5) is 26.7. The standard InChI is InChI=1S/C25H26N2O6/c1-15-5-7-20(9-16(15)2)27-13-18(11-24(27)28)25(29)32-14-19-12-22(33-26-19)17-6-8-21(30-3)23(10-17)31-4/h5-10,12,18H,11,13-14H2,1-4H3. The number of benzene rings is 2. The van der Waals surface area contributed by atoms with Gasteiger partial charge in [-0.1, -0.05) is 11.2 Å². The lowest BCUT2D eigenvalue weighted by molar-refractivity contribution is -0.149. The van der Waals surface area contributed by atoms with Gasteiger partial charge in [0.25, 0.3) is 0 Å². The minimum Gasteiger partial charge on any atom is -0.493 e. The van der Waals surface area contributed by atoms with Gasteiger partial charge in [0.1, 0.15) is 12.3 Å². The van der Waals surface area contributed by atoms with Gasteiger partial charge >= 0.3 is 5.97 Å². The lowest BCUT2D eigenvalue weighted by atomic mass is 10.1. The number of aryl methyl sites for hydroxylation is 2. The molecule has 1 saturated heterocycles. The van der Waals surface area contributed by atoms with Gasteiger partial charge in [0.15, 0.2) is 17.3 Å². The predicted octanol–water partition coefficient (Wildman–Crippen LogP) is 4.07. The van der Waals surface area contributed by atoms with E-state index in [1.165, 1.54) is 0 Å². The maximum atomic E-state index is 12.6. The highest BCUT2D eigenvalue weighted by molar-refractivity contribution is 5.99. The van der Waals surface area contributed by atoms with Crippen LogP contribution < -0.4 is 14.4 Å². The van der Waals surface area contributed by atoms with Gasteiger partial charge in [0, 0.05) is 30.3 Å². The Kier molecular flexibility index (Phi) is 6.35. The Hall–Kier alpha value is -3.81. The third kappa shape index (κ3) is 4.69. The van der Waals surface area contributed by atoms with E-state index in [2.05, 4.69) is 5.16 Å². The summed E-state index contributed by atoms with van der Waals surface area (Å²) in [5, 5.41) is 3.98. The number of rotatable bonds is 7. The summed E-state index contributed by atoms with van der Waals surface area (Å²) < 4.78 is 21.4. The predicted molar refractivity (Wildman–Crippen MR) is 121 cm³/mol. The first-order chi connectivity index (χ1) is 15.9. The lowest BCUT2D eigenvalue weighted by Crippen LogP contribution is -2.26. The van der Waals surface area contributed by atoms with Crippen molar-refractivity contribution in [3.8, 4) is 22.8 Å². The van der Waals surface area contributed by atoms with Crippen LogP contribution in [0.2, 0.25) is 0 Å². The summed E-state index contributed by atoms with van der Waals surface area (Å²) in [5.41, 5.74) is 4.28. The summed E-state index contributed by atoms with van der Waals surface area (Å²) in [5.74, 6) is 0.660. The summed E-state index contributed by atoms with van der Waals surface area (Å²) in [6.45, 7) is 4.28. The van der Waals surface area contributed by atoms with E-state index in [9.17, 15) is 9.59 Å². The minimum atomic E-state index is -0.517. The molecule has 0 N–H and O–H groups in total. The third-order valence-corrected chi connectivity index (χ3v) is 5.85. The van der Waals surface area contributed by atoms with Gasteiger partial charge < -0.3 is 23.6 Å². The molecular weight excluding hydrogens is 424 g/mol. The molecular formula is C25H26N2O6. The van der Waals surface area contributed by atoms with Crippen LogP contribution in [-0.2, 0) is 20.9 Å². The van der Waals surface area contributed by atoms with Gasteiger partial charge in [0.2, 0.25) is 5.91 Å². The second-order valence-electron chi connectivity index (χ2n) is 8.03. The number of aromatic nitrogens is 1. The highest BCUT2D eigenvalue weighted by Crippen LogP contribution is 2.33. The van der Waals surface area contributed by atoms with Crippen LogP contribution in [0.3, 0.4) is 0 Å². The molecule has 0 saturated carbocycles. The number of amides is 1. The molecule has 8 heteroatoms. The minimum absolute atomic E-state index is 0.0377. The van der Waals surface area contributed by atoms with Gasteiger partial charge in [-0.2, -0.15) is 0 Å². The molecule has 172 valence electrons. The molecule has 1 amide bonds. The van der Waals surface area contributed by atoms with Gasteiger partial charge in [-0.25, -0.2) is 0 Å². The van der Waals surface area contributed by atoms with Crippen molar-refractivity contribution in [2.24, 2.45) is 5.92 Å². The zero-order chi connectivity index (χ0) is 23.5. The molecule has 1 aliphatic rings. The normalized spacial score (nSPS) is 15.6. The van der Waals surface area contributed by atoms with E-state index in [4.69, 9.17) is 18.7 Å². The van der Waals surface area contributed by atoms with Crippen molar-refractivity contribution < 1.29 is 28.3 Å². The Labute approximate surface area is 192 Å². The molecule has 3 aromatic rings. The monoisotopic (exact) mass is 450 g/mol. The van der Waals surface area contributed by atoms with Crippen molar-refractivity contribution in [3.63, 3.8) is 0 Å². The highest BCUT2D eigenvalue weighted by Gasteiger charge is 2.36. The van der Waals surface area contributed by atoms with Crippen molar-refractivity contribution in [2.75, 3.05) is 25.7 Å². The molecule has 1 aliphatic heterocycles. The first-order valence-electron chi connectivity index (χ1n) is 10.6. The van der Waals surface area contributed by atoms with E-state index in [1.54, 1.807) is 37.3 Å². The Morgan fingerprint density at radius 3 is 2.58 bits per heavy atom. The fraction of sp³-hybridized carbons (Fsp3) is 0.320. The molecule has 1 fully saturated rings. The van der Waals surface area contributed by atoms with Crippen LogP contribution in [0.4, 0.5) is 5.69 Å². The molecule has 1 aromatic heterocycles. The van der Waals surface area contributed by atoms with Crippen LogP contribution in [0.1, 0.15) is 23.2 Å². The molecule has 0 aliphatic carbocycles. The smallest absolute Gasteiger partial charge is 0.311 e. The van der Waals surface area contributed by atoms with E-state index in [-0.39, 0.29) is 18.9 Å². The van der Waals surface area contributed by atoms with Crippen LogP contribution in [0.15, 0.2) is 47.0 Å². The number of anilines is 1. The molecule has 2 aromatic carbocycles. The third-order valence-electron chi connectivity index (χ3n) is 5.85. The zero-order valence-electron chi connectivity index (χ0n) is 19.1. The van der Waals surface area contributed by atoms with Crippen molar-refractivity contribution in [3.05, 3.63) is 59.3 Å². The molecule has 0 bridgehead atoms. The molecule has 0 spiro atoms. The number of hydrogen-bond acceptors (Lipinski definition) is 7. The number of nitrogens with zero attached hydrogens (tertiary/aromatic N) is 2. The van der Waals surface area contributed by atoms with E-state index < -0.39 is 11.9 Å². The van der Waals surface area contributed by atoms with E-state index in [0.29, 0.717) is 29.5 Å². The van der Waals surface area contributed by atoms with Gasteiger partial charge in [0.05, 0.1) is 20.1 Å². The Bertz CT molecular complexity index is 1190. The lowest BCUT2D eigenvalue weighted by Gasteiger charge is -2.17. The van der Waals surface area contributed by atoms with E-state index >= 15 is 0 Å². The van der Waals surface area contributed by atoms with Gasteiger partial charge in [-0.3, -0.25) is 9.59 Å². The number of hydrogen-bond donors (Lipinski definition) is 0. The van der Waals surface area contributed by atoms with Crippen LogP contribution >= 0.6 is 0 Å². The number of carbonyl (C=O) groups is 2. The van der Waals surface area contributed by atoms with E-state index in [0.717, 1.165) is 22.4 Å². The fourth-order valence-corrected chi connectivity index (χ4v) is 3.78. The first kappa shape index (κ1) is 22.4. The van der Waals surface area contributed by atoms with Crippen molar-refractivity contribution >= 4 is 17.6 Å². The van der Waals surface area contributed by atoms with E-state index in [1.807, 2.05) is 38.1 Å². The fourth-order valence-electron chi connectivity index (χ4n) is 3.78. The zero-order valence-corrected chi connectivity index (χ0v) is 19.1. The van der Waals surface area contributed by atoms with Crippen LogP contribution in [0, 0.1) is 19.8 Å². The number of methoxy groups -OCH3 is 2. The quantitative estimate of drug-likeness (QED) is 0.501. The highest BCUT2D eigenvalue weighted by atomic mass is 16.5. The molecule has 8 nitrogen and oxygen atoms in total. The maximum absolute atomic E-state index is 12.6. The van der Waals surface area contributed by atoms with Gasteiger partial charge in [-0.15, -0.1) is 0 Å². The van der Waals surface area contributed by atoms with Crippen molar-refractivity contribution in [1.82, 2.24) is 5.16 Å². The van der Waals surface area contributed by atoms with Crippen molar-refractivity contribution in [1.29, 1.82) is 0 Å². The summed E-state index contributed by atoms with van der Waals surface area (Å²) in [6.07, 6.45) is 0.126. The molecule has 2 heterocycles. The van der Waals surface area contributed by atoms with Crippen LogP contribution in [0.5, 0.6) is 11.5 Å². The molecule has 33 heavy (non-hydrogen) atoms. The van der Waals surface area contributed by atoms with Crippen LogP contribution in [0.25, 0.3) is 11.3 Å². The number of ether oxygens (including phenoxy) is 3. The summed E-state index contributed by atoms with van der Waals surface area (Å²) >= 11 is 0. The second kappa shape index (κ2) is 9.36. The molecule has 1 unspecified atom stereocenters. The number of esters is 1.